The van der Waals surface area contributed by atoms with Crippen molar-refractivity contribution < 1.29 is 22.5 Å². The molecule has 1 aromatic carbocycles. The van der Waals surface area contributed by atoms with E-state index in [4.69, 9.17) is 20.9 Å². The second-order valence-electron chi connectivity index (χ2n) is 8.62. The van der Waals surface area contributed by atoms with E-state index in [2.05, 4.69) is 38.8 Å². The summed E-state index contributed by atoms with van der Waals surface area (Å²) in [5, 5.41) is 0.583. The third kappa shape index (κ3) is 5.01. The van der Waals surface area contributed by atoms with Crippen molar-refractivity contribution in [2.75, 3.05) is 0 Å². The Balaban J connectivity index is 0.000000171. The summed E-state index contributed by atoms with van der Waals surface area (Å²) >= 11 is 5.73. The lowest BCUT2D eigenvalue weighted by atomic mass is 9.73. The molecule has 1 saturated heterocycles. The van der Waals surface area contributed by atoms with Gasteiger partial charge in [0.15, 0.2) is 0 Å². The van der Waals surface area contributed by atoms with Gasteiger partial charge in [0.05, 0.1) is 21.7 Å². The smallest absolute Gasteiger partial charge is 0.400 e. The van der Waals surface area contributed by atoms with E-state index in [9.17, 15) is 13.2 Å². The summed E-state index contributed by atoms with van der Waals surface area (Å²) in [6.45, 7) is 8.43. The van der Waals surface area contributed by atoms with E-state index < -0.39 is 11.9 Å². The molecule has 0 unspecified atom stereocenters. The lowest BCUT2D eigenvalue weighted by Gasteiger charge is -2.32. The predicted molar refractivity (Wildman–Crippen MR) is 114 cm³/mol. The molecule has 1 fully saturated rings. The van der Waals surface area contributed by atoms with Crippen LogP contribution in [-0.2, 0) is 15.5 Å². The van der Waals surface area contributed by atoms with Crippen LogP contribution in [0.5, 0.6) is 0 Å². The Morgan fingerprint density at radius 1 is 1.03 bits per heavy atom. The van der Waals surface area contributed by atoms with Crippen molar-refractivity contribution in [1.82, 2.24) is 4.98 Å². The van der Waals surface area contributed by atoms with E-state index in [0.29, 0.717) is 5.39 Å². The number of fused-ring (bicyclic) bond motifs is 1. The van der Waals surface area contributed by atoms with Crippen LogP contribution in [0.25, 0.3) is 10.9 Å². The molecule has 3 nitrogen and oxygen atoms in total. The quantitative estimate of drug-likeness (QED) is 0.447. The maximum Gasteiger partial charge on any atom is 0.490 e. The highest BCUT2D eigenvalue weighted by Gasteiger charge is 2.52. The molecular weight excluding hydrogens is 414 g/mol. The van der Waals surface area contributed by atoms with Crippen molar-refractivity contribution in [2.24, 2.45) is 0 Å². The Labute approximate surface area is 180 Å². The molecule has 0 spiro atoms. The minimum atomic E-state index is -4.46. The number of halogens is 4. The van der Waals surface area contributed by atoms with Crippen molar-refractivity contribution in [3.8, 4) is 0 Å². The normalized spacial score (nSPS) is 20.5. The molecule has 0 bridgehead atoms. The second kappa shape index (κ2) is 8.52. The maximum atomic E-state index is 12.4. The van der Waals surface area contributed by atoms with Crippen LogP contribution >= 0.6 is 11.6 Å². The number of allylic oxidation sites excluding steroid dienone is 2. The molecule has 1 aromatic heterocycles. The molecule has 30 heavy (non-hydrogen) atoms. The standard InChI is InChI=1S/C12H21BO2.C10H5ClF3N/c1-11(2)12(3,4)15-13(14-11)10-8-6-5-7-9-10;11-7-5-9(10(12,13)14)15-8-4-2-1-3-6(7)8/h8H,5-7,9H2,1-4H3;1-5H. The Morgan fingerprint density at radius 3 is 2.23 bits per heavy atom. The van der Waals surface area contributed by atoms with Gasteiger partial charge in [-0.2, -0.15) is 13.2 Å². The van der Waals surface area contributed by atoms with Crippen LogP contribution < -0.4 is 0 Å². The number of aromatic nitrogens is 1. The molecule has 0 radical (unpaired) electrons. The summed E-state index contributed by atoms with van der Waals surface area (Å²) in [4.78, 5) is 3.50. The van der Waals surface area contributed by atoms with Crippen LogP contribution in [0.1, 0.15) is 59.1 Å². The summed E-state index contributed by atoms with van der Waals surface area (Å²) in [6, 6.07) is 7.28. The largest absolute Gasteiger partial charge is 0.490 e. The molecule has 0 amide bonds. The number of pyridine rings is 1. The Hall–Kier alpha value is -1.57. The Morgan fingerprint density at radius 2 is 1.67 bits per heavy atom. The topological polar surface area (TPSA) is 31.4 Å². The first-order valence-electron chi connectivity index (χ1n) is 10.1. The highest BCUT2D eigenvalue weighted by atomic mass is 35.5. The predicted octanol–water partition coefficient (Wildman–Crippen LogP) is 7.03. The number of benzene rings is 1. The zero-order valence-corrected chi connectivity index (χ0v) is 18.4. The second-order valence-corrected chi connectivity index (χ2v) is 9.02. The van der Waals surface area contributed by atoms with Crippen molar-refractivity contribution in [3.63, 3.8) is 0 Å². The molecule has 2 heterocycles. The van der Waals surface area contributed by atoms with Crippen LogP contribution in [0.3, 0.4) is 0 Å². The number of alkyl halides is 3. The van der Waals surface area contributed by atoms with Gasteiger partial charge < -0.3 is 9.31 Å². The lowest BCUT2D eigenvalue weighted by molar-refractivity contribution is -0.140. The molecule has 2 aromatic rings. The van der Waals surface area contributed by atoms with Gasteiger partial charge in [0.25, 0.3) is 0 Å². The van der Waals surface area contributed by atoms with E-state index in [1.165, 1.54) is 30.8 Å². The third-order valence-electron chi connectivity index (χ3n) is 5.84. The average molecular weight is 440 g/mol. The lowest BCUT2D eigenvalue weighted by Crippen LogP contribution is -2.41. The number of para-hydroxylation sites is 1. The van der Waals surface area contributed by atoms with Crippen LogP contribution in [-0.4, -0.2) is 23.3 Å². The van der Waals surface area contributed by atoms with E-state index >= 15 is 0 Å². The molecule has 162 valence electrons. The molecule has 2 aliphatic rings. The van der Waals surface area contributed by atoms with Gasteiger partial charge in [0, 0.05) is 5.39 Å². The maximum absolute atomic E-state index is 12.4. The monoisotopic (exact) mass is 439 g/mol. The van der Waals surface area contributed by atoms with Gasteiger partial charge in [-0.1, -0.05) is 35.9 Å². The van der Waals surface area contributed by atoms with Crippen molar-refractivity contribution >= 4 is 29.6 Å². The van der Waals surface area contributed by atoms with E-state index in [1.807, 2.05) is 0 Å². The number of rotatable bonds is 1. The third-order valence-corrected chi connectivity index (χ3v) is 6.15. The van der Waals surface area contributed by atoms with Gasteiger partial charge >= 0.3 is 13.3 Å². The average Bonchev–Trinajstić information content (AvgIpc) is 2.90. The number of hydrogen-bond donors (Lipinski definition) is 0. The van der Waals surface area contributed by atoms with Crippen LogP contribution in [0.15, 0.2) is 41.9 Å². The first-order valence-corrected chi connectivity index (χ1v) is 10.5. The van der Waals surface area contributed by atoms with Gasteiger partial charge in [-0.15, -0.1) is 0 Å². The molecule has 0 atom stereocenters. The molecule has 8 heteroatoms. The molecule has 1 aliphatic heterocycles. The number of hydrogen-bond acceptors (Lipinski definition) is 3. The fraction of sp³-hybridized carbons (Fsp3) is 0.500. The molecule has 1 aliphatic carbocycles. The summed E-state index contributed by atoms with van der Waals surface area (Å²) in [6.07, 6.45) is 2.73. The van der Waals surface area contributed by atoms with Gasteiger partial charge in [-0.25, -0.2) is 4.98 Å². The zero-order valence-electron chi connectivity index (χ0n) is 17.6. The van der Waals surface area contributed by atoms with Crippen molar-refractivity contribution in [3.05, 3.63) is 52.6 Å². The van der Waals surface area contributed by atoms with Gasteiger partial charge in [-0.05, 0) is 71.0 Å². The number of nitrogens with zero attached hydrogens (tertiary/aromatic N) is 1. The molecular formula is C22H26BClF3NO2. The molecule has 0 N–H and O–H groups in total. The van der Waals surface area contributed by atoms with E-state index in [-0.39, 0.29) is 28.9 Å². The van der Waals surface area contributed by atoms with Crippen LogP contribution in [0, 0.1) is 0 Å². The van der Waals surface area contributed by atoms with Gasteiger partial charge in [0.2, 0.25) is 0 Å². The minimum Gasteiger partial charge on any atom is -0.400 e. The van der Waals surface area contributed by atoms with Gasteiger partial charge in [-0.3, -0.25) is 0 Å². The Bertz CT molecular complexity index is 928. The zero-order chi connectivity index (χ0) is 22.2. The summed E-state index contributed by atoms with van der Waals surface area (Å²) in [7, 11) is -0.102. The fourth-order valence-electron chi connectivity index (χ4n) is 3.35. The highest BCUT2D eigenvalue weighted by Crippen LogP contribution is 2.40. The van der Waals surface area contributed by atoms with Crippen molar-refractivity contribution in [2.45, 2.75) is 70.8 Å². The summed E-state index contributed by atoms with van der Waals surface area (Å²) < 4.78 is 49.1. The summed E-state index contributed by atoms with van der Waals surface area (Å²) in [5.74, 6) is 0. The highest BCUT2D eigenvalue weighted by molar-refractivity contribution is 6.54. The minimum absolute atomic E-state index is 0.0629. The van der Waals surface area contributed by atoms with Crippen LogP contribution in [0.2, 0.25) is 5.02 Å². The van der Waals surface area contributed by atoms with Gasteiger partial charge in [0.1, 0.15) is 5.69 Å². The first-order chi connectivity index (χ1) is 13.9. The SMILES string of the molecule is CC1(C)OB(C2=CCCCC2)OC1(C)C.FC(F)(F)c1cc(Cl)c2ccccc2n1. The summed E-state index contributed by atoms with van der Waals surface area (Å²) in [5.41, 5.74) is 0.231. The van der Waals surface area contributed by atoms with Crippen LogP contribution in [0.4, 0.5) is 13.2 Å². The Kier molecular flexibility index (Phi) is 6.56. The fourth-order valence-corrected chi connectivity index (χ4v) is 3.61. The first kappa shape index (κ1) is 23.1. The van der Waals surface area contributed by atoms with E-state index in [1.54, 1.807) is 18.2 Å². The molecule has 0 saturated carbocycles. The molecule has 4 rings (SSSR count). The van der Waals surface area contributed by atoms with E-state index in [0.717, 1.165) is 12.5 Å². The van der Waals surface area contributed by atoms with Crippen molar-refractivity contribution in [1.29, 1.82) is 0 Å².